The second kappa shape index (κ2) is 6.20. The highest BCUT2D eigenvalue weighted by atomic mass is 16.4. The molecule has 1 N–H and O–H groups in total. The zero-order valence-electron chi connectivity index (χ0n) is 12.5. The van der Waals surface area contributed by atoms with Crippen molar-refractivity contribution < 1.29 is 14.7 Å². The van der Waals surface area contributed by atoms with Gasteiger partial charge in [0, 0.05) is 13.1 Å². The van der Waals surface area contributed by atoms with Crippen LogP contribution in [-0.4, -0.2) is 35.0 Å². The van der Waals surface area contributed by atoms with Gasteiger partial charge in [-0.1, -0.05) is 31.4 Å². The first-order valence-electron chi connectivity index (χ1n) is 8.33. The second-order valence-corrected chi connectivity index (χ2v) is 6.87. The monoisotopic (exact) mass is 291 g/mol. The Hall–Kier alpha value is -1.32. The first kappa shape index (κ1) is 14.6. The molecule has 0 aromatic heterocycles. The maximum absolute atomic E-state index is 12.8. The van der Waals surface area contributed by atoms with Crippen molar-refractivity contribution in [2.75, 3.05) is 13.1 Å². The van der Waals surface area contributed by atoms with Gasteiger partial charge in [-0.25, -0.2) is 0 Å². The van der Waals surface area contributed by atoms with E-state index in [1.165, 1.54) is 25.7 Å². The highest BCUT2D eigenvalue weighted by Gasteiger charge is 2.39. The molecular weight excluding hydrogens is 266 g/mol. The van der Waals surface area contributed by atoms with Gasteiger partial charge in [-0.05, 0) is 37.5 Å². The van der Waals surface area contributed by atoms with Crippen molar-refractivity contribution in [2.24, 2.45) is 23.7 Å². The van der Waals surface area contributed by atoms with Gasteiger partial charge in [0.1, 0.15) is 0 Å². The number of amides is 1. The molecule has 116 valence electrons. The summed E-state index contributed by atoms with van der Waals surface area (Å²) >= 11 is 0. The summed E-state index contributed by atoms with van der Waals surface area (Å²) in [5.41, 5.74) is 0. The molecule has 3 aliphatic rings. The van der Waals surface area contributed by atoms with E-state index < -0.39 is 11.9 Å². The Labute approximate surface area is 126 Å². The number of rotatable bonds is 2. The van der Waals surface area contributed by atoms with Crippen molar-refractivity contribution in [1.29, 1.82) is 0 Å². The molecule has 1 amide bonds. The Kier molecular flexibility index (Phi) is 4.32. The fourth-order valence-corrected chi connectivity index (χ4v) is 4.40. The van der Waals surface area contributed by atoms with E-state index in [-0.39, 0.29) is 11.8 Å². The fourth-order valence-electron chi connectivity index (χ4n) is 4.40. The zero-order chi connectivity index (χ0) is 14.8. The van der Waals surface area contributed by atoms with Gasteiger partial charge in [-0.15, -0.1) is 0 Å². The van der Waals surface area contributed by atoms with Crippen LogP contribution in [0.25, 0.3) is 0 Å². The number of aliphatic carboxylic acids is 1. The van der Waals surface area contributed by atoms with Gasteiger partial charge in [0.15, 0.2) is 0 Å². The Morgan fingerprint density at radius 1 is 0.952 bits per heavy atom. The molecule has 1 saturated carbocycles. The SMILES string of the molecule is O=C(O)C1CC=CCC1C(=O)N1CCC2CCCCC2C1. The molecule has 4 nitrogen and oxygen atoms in total. The Bertz CT molecular complexity index is 445. The van der Waals surface area contributed by atoms with Gasteiger partial charge < -0.3 is 10.0 Å². The highest BCUT2D eigenvalue weighted by Crippen LogP contribution is 2.37. The first-order valence-corrected chi connectivity index (χ1v) is 8.33. The molecule has 0 radical (unpaired) electrons. The molecule has 0 aromatic carbocycles. The Morgan fingerprint density at radius 3 is 2.33 bits per heavy atom. The highest BCUT2D eigenvalue weighted by molar-refractivity contribution is 5.85. The first-order chi connectivity index (χ1) is 10.2. The lowest BCUT2D eigenvalue weighted by atomic mass is 9.74. The van der Waals surface area contributed by atoms with Crippen molar-refractivity contribution in [1.82, 2.24) is 4.90 Å². The van der Waals surface area contributed by atoms with Crippen LogP contribution in [0, 0.1) is 23.7 Å². The quantitative estimate of drug-likeness (QED) is 0.796. The predicted octanol–water partition coefficient (Wildman–Crippen LogP) is 2.69. The number of fused-ring (bicyclic) bond motifs is 1. The third kappa shape index (κ3) is 2.99. The molecule has 0 spiro atoms. The standard InChI is InChI=1S/C17H25NO3/c19-16(14-7-3-4-8-15(14)17(20)21)18-10-9-12-5-1-2-6-13(12)11-18/h3-4,12-15H,1-2,5-11H2,(H,20,21). The van der Waals surface area contributed by atoms with E-state index in [9.17, 15) is 14.7 Å². The van der Waals surface area contributed by atoms with Gasteiger partial charge in [0.05, 0.1) is 11.8 Å². The van der Waals surface area contributed by atoms with E-state index in [0.29, 0.717) is 18.8 Å². The van der Waals surface area contributed by atoms with Crippen molar-refractivity contribution in [3.8, 4) is 0 Å². The maximum atomic E-state index is 12.8. The third-order valence-corrected chi connectivity index (χ3v) is 5.67. The molecule has 0 aromatic rings. The summed E-state index contributed by atoms with van der Waals surface area (Å²) in [5, 5.41) is 9.34. The fraction of sp³-hybridized carbons (Fsp3) is 0.765. The number of carbonyl (C=O) groups excluding carboxylic acids is 1. The predicted molar refractivity (Wildman–Crippen MR) is 79.6 cm³/mol. The Morgan fingerprint density at radius 2 is 1.62 bits per heavy atom. The molecule has 4 unspecified atom stereocenters. The van der Waals surface area contributed by atoms with E-state index >= 15 is 0 Å². The number of hydrogen-bond acceptors (Lipinski definition) is 2. The summed E-state index contributed by atoms with van der Waals surface area (Å²) in [6.45, 7) is 1.68. The normalized spacial score (nSPS) is 36.1. The van der Waals surface area contributed by atoms with Crippen LogP contribution in [-0.2, 0) is 9.59 Å². The number of piperidine rings is 1. The summed E-state index contributed by atoms with van der Waals surface area (Å²) < 4.78 is 0. The van der Waals surface area contributed by atoms with Crippen LogP contribution < -0.4 is 0 Å². The van der Waals surface area contributed by atoms with Crippen LogP contribution >= 0.6 is 0 Å². The summed E-state index contributed by atoms with van der Waals surface area (Å²) in [6.07, 6.45) is 11.2. The van der Waals surface area contributed by atoms with Crippen molar-refractivity contribution in [3.05, 3.63) is 12.2 Å². The molecule has 1 saturated heterocycles. The molecular formula is C17H25NO3. The average molecular weight is 291 g/mol. The van der Waals surface area contributed by atoms with E-state index in [0.717, 1.165) is 25.4 Å². The van der Waals surface area contributed by atoms with Crippen molar-refractivity contribution in [2.45, 2.75) is 44.9 Å². The molecule has 2 aliphatic carbocycles. The van der Waals surface area contributed by atoms with Crippen LogP contribution in [0.5, 0.6) is 0 Å². The zero-order valence-corrected chi connectivity index (χ0v) is 12.5. The minimum atomic E-state index is -0.828. The minimum Gasteiger partial charge on any atom is -0.481 e. The minimum absolute atomic E-state index is 0.0794. The summed E-state index contributed by atoms with van der Waals surface area (Å²) in [7, 11) is 0. The molecule has 0 bridgehead atoms. The Balaban J connectivity index is 1.67. The van der Waals surface area contributed by atoms with Gasteiger partial charge in [0.2, 0.25) is 5.91 Å². The summed E-state index contributed by atoms with van der Waals surface area (Å²) in [4.78, 5) is 26.1. The van der Waals surface area contributed by atoms with Gasteiger partial charge in [-0.2, -0.15) is 0 Å². The lowest BCUT2D eigenvalue weighted by Crippen LogP contribution is -2.49. The number of nitrogens with zero attached hydrogens (tertiary/aromatic N) is 1. The molecule has 1 aliphatic heterocycles. The van der Waals surface area contributed by atoms with Gasteiger partial charge in [0.25, 0.3) is 0 Å². The largest absolute Gasteiger partial charge is 0.481 e. The van der Waals surface area contributed by atoms with Crippen LogP contribution in [0.2, 0.25) is 0 Å². The number of carbonyl (C=O) groups is 2. The lowest BCUT2D eigenvalue weighted by molar-refractivity contribution is -0.151. The van der Waals surface area contributed by atoms with E-state index in [1.807, 2.05) is 17.1 Å². The third-order valence-electron chi connectivity index (χ3n) is 5.67. The molecule has 1 heterocycles. The van der Waals surface area contributed by atoms with Crippen molar-refractivity contribution >= 4 is 11.9 Å². The lowest BCUT2D eigenvalue weighted by Gasteiger charge is -2.43. The van der Waals surface area contributed by atoms with E-state index in [1.54, 1.807) is 0 Å². The number of hydrogen-bond donors (Lipinski definition) is 1. The molecule has 2 fully saturated rings. The molecule has 4 heteroatoms. The van der Waals surface area contributed by atoms with E-state index in [4.69, 9.17) is 0 Å². The van der Waals surface area contributed by atoms with E-state index in [2.05, 4.69) is 0 Å². The number of likely N-dealkylation sites (tertiary alicyclic amines) is 1. The summed E-state index contributed by atoms with van der Waals surface area (Å²) in [6, 6.07) is 0. The van der Waals surface area contributed by atoms with Crippen LogP contribution in [0.4, 0.5) is 0 Å². The smallest absolute Gasteiger partial charge is 0.307 e. The number of carboxylic acid groups (broad SMARTS) is 1. The van der Waals surface area contributed by atoms with Crippen LogP contribution in [0.15, 0.2) is 12.2 Å². The second-order valence-electron chi connectivity index (χ2n) is 6.87. The average Bonchev–Trinajstić information content (AvgIpc) is 2.53. The molecule has 3 rings (SSSR count). The van der Waals surface area contributed by atoms with Gasteiger partial charge in [-0.3, -0.25) is 9.59 Å². The summed E-state index contributed by atoms with van der Waals surface area (Å²) in [5.74, 6) is -0.191. The molecule has 21 heavy (non-hydrogen) atoms. The van der Waals surface area contributed by atoms with Crippen LogP contribution in [0.1, 0.15) is 44.9 Å². The number of allylic oxidation sites excluding steroid dienone is 2. The van der Waals surface area contributed by atoms with Crippen LogP contribution in [0.3, 0.4) is 0 Å². The van der Waals surface area contributed by atoms with Crippen molar-refractivity contribution in [3.63, 3.8) is 0 Å². The topological polar surface area (TPSA) is 57.6 Å². The number of carboxylic acids is 1. The molecule has 4 atom stereocenters. The maximum Gasteiger partial charge on any atom is 0.307 e. The van der Waals surface area contributed by atoms with Gasteiger partial charge >= 0.3 is 5.97 Å².